The van der Waals surface area contributed by atoms with E-state index in [0.717, 1.165) is 16.7 Å². The number of phenols is 1. The average Bonchev–Trinajstić information content (AvgIpc) is 2.62. The SMILES string of the molecule is CC(C)(C)c1cc(CCc2ccc(F)cc2)c(O)c(-c2ccc[nH]c2=O)c1. The summed E-state index contributed by atoms with van der Waals surface area (Å²) in [4.78, 5) is 14.9. The van der Waals surface area contributed by atoms with Crippen molar-refractivity contribution in [3.05, 3.63) is 87.6 Å². The fourth-order valence-electron chi connectivity index (χ4n) is 3.09. The Morgan fingerprint density at radius 1 is 1.00 bits per heavy atom. The van der Waals surface area contributed by atoms with E-state index in [4.69, 9.17) is 0 Å². The van der Waals surface area contributed by atoms with E-state index in [0.29, 0.717) is 24.0 Å². The van der Waals surface area contributed by atoms with Crippen molar-refractivity contribution in [3.63, 3.8) is 0 Å². The number of H-pyrrole nitrogens is 1. The molecule has 0 saturated carbocycles. The summed E-state index contributed by atoms with van der Waals surface area (Å²) in [6.45, 7) is 6.30. The van der Waals surface area contributed by atoms with Gasteiger partial charge in [0, 0.05) is 11.8 Å². The zero-order valence-electron chi connectivity index (χ0n) is 15.8. The highest BCUT2D eigenvalue weighted by Crippen LogP contribution is 2.36. The predicted octanol–water partition coefficient (Wildman–Crippen LogP) is 4.97. The van der Waals surface area contributed by atoms with Crippen LogP contribution in [-0.2, 0) is 18.3 Å². The van der Waals surface area contributed by atoms with Gasteiger partial charge in [0.25, 0.3) is 5.56 Å². The van der Waals surface area contributed by atoms with E-state index in [1.165, 1.54) is 12.1 Å². The zero-order valence-corrected chi connectivity index (χ0v) is 15.8. The second-order valence-electron chi connectivity index (χ2n) is 7.82. The van der Waals surface area contributed by atoms with Gasteiger partial charge in [-0.1, -0.05) is 39.0 Å². The molecule has 2 N–H and O–H groups in total. The van der Waals surface area contributed by atoms with Crippen LogP contribution in [-0.4, -0.2) is 10.1 Å². The monoisotopic (exact) mass is 365 g/mol. The van der Waals surface area contributed by atoms with Gasteiger partial charge in [0.1, 0.15) is 11.6 Å². The number of aromatic amines is 1. The molecular weight excluding hydrogens is 341 g/mol. The third-order valence-electron chi connectivity index (χ3n) is 4.76. The van der Waals surface area contributed by atoms with Gasteiger partial charge >= 0.3 is 0 Å². The minimum Gasteiger partial charge on any atom is -0.507 e. The van der Waals surface area contributed by atoms with Crippen LogP contribution in [0.1, 0.15) is 37.5 Å². The summed E-state index contributed by atoms with van der Waals surface area (Å²) in [5, 5.41) is 10.9. The first-order valence-electron chi connectivity index (χ1n) is 9.04. The molecule has 0 fully saturated rings. The molecule has 140 valence electrons. The van der Waals surface area contributed by atoms with E-state index in [1.807, 2.05) is 12.1 Å². The maximum atomic E-state index is 13.1. The molecule has 4 heteroatoms. The lowest BCUT2D eigenvalue weighted by Crippen LogP contribution is -2.13. The van der Waals surface area contributed by atoms with Gasteiger partial charge in [-0.25, -0.2) is 4.39 Å². The molecule has 27 heavy (non-hydrogen) atoms. The minimum absolute atomic E-state index is 0.127. The van der Waals surface area contributed by atoms with Crippen LogP contribution < -0.4 is 5.56 Å². The maximum Gasteiger partial charge on any atom is 0.255 e. The predicted molar refractivity (Wildman–Crippen MR) is 107 cm³/mol. The van der Waals surface area contributed by atoms with Gasteiger partial charge in [-0.3, -0.25) is 4.79 Å². The van der Waals surface area contributed by atoms with Crippen molar-refractivity contribution in [1.82, 2.24) is 4.98 Å². The molecule has 2 aromatic carbocycles. The van der Waals surface area contributed by atoms with Gasteiger partial charge in [0.2, 0.25) is 0 Å². The molecule has 0 aliphatic rings. The van der Waals surface area contributed by atoms with Gasteiger partial charge in [-0.2, -0.15) is 0 Å². The Morgan fingerprint density at radius 3 is 2.33 bits per heavy atom. The molecule has 0 bridgehead atoms. The Morgan fingerprint density at radius 2 is 1.70 bits per heavy atom. The van der Waals surface area contributed by atoms with Crippen LogP contribution in [0.4, 0.5) is 4.39 Å². The Labute approximate surface area is 158 Å². The van der Waals surface area contributed by atoms with Crippen LogP contribution in [0.5, 0.6) is 5.75 Å². The fraction of sp³-hybridized carbons (Fsp3) is 0.261. The van der Waals surface area contributed by atoms with E-state index in [-0.39, 0.29) is 22.5 Å². The number of phenolic OH excluding ortho intramolecular Hbond substituents is 1. The number of benzene rings is 2. The molecule has 0 amide bonds. The number of aryl methyl sites for hydroxylation is 2. The van der Waals surface area contributed by atoms with Crippen molar-refractivity contribution in [2.24, 2.45) is 0 Å². The summed E-state index contributed by atoms with van der Waals surface area (Å²) in [5.41, 5.74) is 3.45. The Kier molecular flexibility index (Phi) is 5.17. The summed E-state index contributed by atoms with van der Waals surface area (Å²) in [6, 6.07) is 13.7. The van der Waals surface area contributed by atoms with Crippen LogP contribution >= 0.6 is 0 Å². The highest BCUT2D eigenvalue weighted by Gasteiger charge is 2.20. The molecule has 0 aliphatic heterocycles. The van der Waals surface area contributed by atoms with Crippen molar-refractivity contribution in [2.45, 2.75) is 39.0 Å². The molecule has 3 rings (SSSR count). The Balaban J connectivity index is 2.04. The average molecular weight is 365 g/mol. The number of pyridine rings is 1. The summed E-state index contributed by atoms with van der Waals surface area (Å²) >= 11 is 0. The molecule has 1 heterocycles. The number of halogens is 1. The molecule has 3 nitrogen and oxygen atoms in total. The first-order chi connectivity index (χ1) is 12.8. The number of nitrogens with one attached hydrogen (secondary N) is 1. The highest BCUT2D eigenvalue weighted by molar-refractivity contribution is 5.72. The van der Waals surface area contributed by atoms with Gasteiger partial charge in [-0.05, 0) is 65.3 Å². The lowest BCUT2D eigenvalue weighted by Gasteiger charge is -2.22. The van der Waals surface area contributed by atoms with Gasteiger partial charge in [0.15, 0.2) is 0 Å². The molecule has 1 aromatic heterocycles. The minimum atomic E-state index is -0.262. The van der Waals surface area contributed by atoms with Gasteiger partial charge < -0.3 is 10.1 Å². The number of aromatic nitrogens is 1. The molecule has 0 saturated heterocycles. The van der Waals surface area contributed by atoms with Crippen LogP contribution in [0.2, 0.25) is 0 Å². The van der Waals surface area contributed by atoms with Crippen LogP contribution in [0.25, 0.3) is 11.1 Å². The highest BCUT2D eigenvalue weighted by atomic mass is 19.1. The van der Waals surface area contributed by atoms with E-state index < -0.39 is 0 Å². The van der Waals surface area contributed by atoms with Crippen LogP contribution in [0.15, 0.2) is 59.5 Å². The number of rotatable bonds is 4. The molecule has 0 atom stereocenters. The standard InChI is InChI=1S/C23H24FNO2/c1-23(2,3)17-13-16(9-6-15-7-10-18(24)11-8-15)21(26)20(14-17)19-5-4-12-25-22(19)27/h4-5,7-8,10-14,26H,6,9H2,1-3H3,(H,25,27). The Bertz CT molecular complexity index is 998. The molecular formula is C23H24FNO2. The normalized spacial score (nSPS) is 11.6. The van der Waals surface area contributed by atoms with Crippen molar-refractivity contribution in [2.75, 3.05) is 0 Å². The molecule has 0 radical (unpaired) electrons. The molecule has 0 spiro atoms. The van der Waals surface area contributed by atoms with E-state index in [1.54, 1.807) is 30.5 Å². The first kappa shape index (κ1) is 18.9. The molecule has 0 unspecified atom stereocenters. The summed E-state index contributed by atoms with van der Waals surface area (Å²) < 4.78 is 13.1. The van der Waals surface area contributed by atoms with Crippen molar-refractivity contribution < 1.29 is 9.50 Å². The first-order valence-corrected chi connectivity index (χ1v) is 9.04. The fourth-order valence-corrected chi connectivity index (χ4v) is 3.09. The molecule has 0 aliphatic carbocycles. The quantitative estimate of drug-likeness (QED) is 0.686. The summed E-state index contributed by atoms with van der Waals surface area (Å²) in [5.74, 6) is -0.135. The smallest absolute Gasteiger partial charge is 0.255 e. The van der Waals surface area contributed by atoms with Crippen molar-refractivity contribution in [3.8, 4) is 16.9 Å². The van der Waals surface area contributed by atoms with Gasteiger partial charge in [-0.15, -0.1) is 0 Å². The van der Waals surface area contributed by atoms with Crippen LogP contribution in [0.3, 0.4) is 0 Å². The lowest BCUT2D eigenvalue weighted by atomic mass is 9.83. The van der Waals surface area contributed by atoms with E-state index in [9.17, 15) is 14.3 Å². The second kappa shape index (κ2) is 7.39. The topological polar surface area (TPSA) is 53.1 Å². The lowest BCUT2D eigenvalue weighted by molar-refractivity contribution is 0.468. The largest absolute Gasteiger partial charge is 0.507 e. The van der Waals surface area contributed by atoms with Crippen LogP contribution in [0, 0.1) is 5.82 Å². The maximum absolute atomic E-state index is 13.1. The molecule has 3 aromatic rings. The summed E-state index contributed by atoms with van der Waals surface area (Å²) in [6.07, 6.45) is 2.84. The van der Waals surface area contributed by atoms with Gasteiger partial charge in [0.05, 0.1) is 5.56 Å². The number of hydrogen-bond donors (Lipinski definition) is 2. The Hall–Kier alpha value is -2.88. The van der Waals surface area contributed by atoms with E-state index >= 15 is 0 Å². The summed E-state index contributed by atoms with van der Waals surface area (Å²) in [7, 11) is 0. The zero-order chi connectivity index (χ0) is 19.6. The third kappa shape index (κ3) is 4.27. The second-order valence-corrected chi connectivity index (χ2v) is 7.82. The van der Waals surface area contributed by atoms with Crippen molar-refractivity contribution >= 4 is 0 Å². The van der Waals surface area contributed by atoms with E-state index in [2.05, 4.69) is 25.8 Å². The number of hydrogen-bond acceptors (Lipinski definition) is 2. The van der Waals surface area contributed by atoms with Crippen molar-refractivity contribution in [1.29, 1.82) is 0 Å². The third-order valence-corrected chi connectivity index (χ3v) is 4.76. The number of aromatic hydroxyl groups is 1.